The average Bonchev–Trinajstić information content (AvgIpc) is 3.11. The summed E-state index contributed by atoms with van der Waals surface area (Å²) < 4.78 is 11.4. The predicted octanol–water partition coefficient (Wildman–Crippen LogP) is 4.92. The zero-order chi connectivity index (χ0) is 24.5. The largest absolute Gasteiger partial charge is 0.488 e. The van der Waals surface area contributed by atoms with E-state index in [-0.39, 0.29) is 18.1 Å². The van der Waals surface area contributed by atoms with Crippen LogP contribution in [0.1, 0.15) is 49.4 Å². The minimum atomic E-state index is -1.53. The number of hydrogen-bond acceptors (Lipinski definition) is 5. The summed E-state index contributed by atoms with van der Waals surface area (Å²) in [6.07, 6.45) is 0. The Morgan fingerprint density at radius 1 is 0.912 bits per heavy atom. The Hall–Kier alpha value is -3.64. The van der Waals surface area contributed by atoms with Crippen molar-refractivity contribution in [3.05, 3.63) is 89.5 Å². The van der Waals surface area contributed by atoms with Gasteiger partial charge in [-0.3, -0.25) is 9.59 Å². The number of fused-ring (bicyclic) bond motifs is 3. The molecule has 0 spiro atoms. The molecule has 6 heteroatoms. The molecule has 4 rings (SSSR count). The maximum absolute atomic E-state index is 12.9. The molecule has 34 heavy (non-hydrogen) atoms. The molecule has 0 aliphatic heterocycles. The van der Waals surface area contributed by atoms with Crippen LogP contribution in [0.5, 0.6) is 5.75 Å². The smallest absolute Gasteiger partial charge is 0.322 e. The molecule has 0 aromatic heterocycles. The molecule has 0 radical (unpaired) electrons. The third kappa shape index (κ3) is 4.82. The first-order valence-electron chi connectivity index (χ1n) is 11.3. The van der Waals surface area contributed by atoms with Gasteiger partial charge in [0, 0.05) is 5.92 Å². The molecule has 2 unspecified atom stereocenters. The van der Waals surface area contributed by atoms with Gasteiger partial charge in [-0.25, -0.2) is 0 Å². The van der Waals surface area contributed by atoms with Gasteiger partial charge in [0.2, 0.25) is 0 Å². The lowest BCUT2D eigenvalue weighted by Gasteiger charge is -2.23. The number of hydrogen-bond donors (Lipinski definition) is 2. The summed E-state index contributed by atoms with van der Waals surface area (Å²) >= 11 is 0. The lowest BCUT2D eigenvalue weighted by molar-refractivity contribution is -0.160. The summed E-state index contributed by atoms with van der Waals surface area (Å²) in [6, 6.07) is 21.7. The van der Waals surface area contributed by atoms with Crippen LogP contribution in [0, 0.1) is 5.92 Å². The van der Waals surface area contributed by atoms with E-state index >= 15 is 0 Å². The van der Waals surface area contributed by atoms with Crippen molar-refractivity contribution in [2.75, 3.05) is 6.61 Å². The Morgan fingerprint density at radius 3 is 1.94 bits per heavy atom. The molecule has 1 aliphatic rings. The van der Waals surface area contributed by atoms with Crippen molar-refractivity contribution < 1.29 is 24.2 Å². The monoisotopic (exact) mass is 459 g/mol. The van der Waals surface area contributed by atoms with Crippen molar-refractivity contribution >= 4 is 11.9 Å². The second-order valence-corrected chi connectivity index (χ2v) is 9.48. The van der Waals surface area contributed by atoms with E-state index in [2.05, 4.69) is 0 Å². The lowest BCUT2D eigenvalue weighted by Crippen LogP contribution is -2.36. The van der Waals surface area contributed by atoms with Crippen molar-refractivity contribution in [2.24, 2.45) is 11.7 Å². The highest BCUT2D eigenvalue weighted by Gasteiger charge is 2.37. The summed E-state index contributed by atoms with van der Waals surface area (Å²) in [5, 5.41) is 9.78. The van der Waals surface area contributed by atoms with Crippen molar-refractivity contribution in [1.82, 2.24) is 0 Å². The third-order valence-corrected chi connectivity index (χ3v) is 5.92. The van der Waals surface area contributed by atoms with E-state index in [0.29, 0.717) is 11.3 Å². The molecule has 0 saturated heterocycles. The van der Waals surface area contributed by atoms with Crippen LogP contribution in [0.2, 0.25) is 0 Å². The van der Waals surface area contributed by atoms with E-state index in [1.54, 1.807) is 24.3 Å². The first kappa shape index (κ1) is 23.5. The fraction of sp³-hybridized carbons (Fsp3) is 0.286. The summed E-state index contributed by atoms with van der Waals surface area (Å²) in [7, 11) is 0. The molecule has 2 atom stereocenters. The number of ether oxygens (including phenoxy) is 2. The number of nitrogens with two attached hydrogens (primary N) is 1. The number of esters is 1. The van der Waals surface area contributed by atoms with Gasteiger partial charge in [-0.2, -0.15) is 0 Å². The van der Waals surface area contributed by atoms with Crippen LogP contribution in [0.4, 0.5) is 0 Å². The van der Waals surface area contributed by atoms with E-state index in [9.17, 15) is 14.7 Å². The molecule has 0 saturated carbocycles. The SMILES string of the molecule is CC(C)(C)Oc1ccc(C(N)C(C(=O)O)C(=O)OCC2c3ccccc3-c3ccccc32)cc1. The second-order valence-electron chi connectivity index (χ2n) is 9.48. The van der Waals surface area contributed by atoms with Crippen LogP contribution in [0.3, 0.4) is 0 Å². The Bertz CT molecular complexity index is 1150. The van der Waals surface area contributed by atoms with Gasteiger partial charge in [0.25, 0.3) is 0 Å². The lowest BCUT2D eigenvalue weighted by atomic mass is 9.93. The molecule has 1 aliphatic carbocycles. The summed E-state index contributed by atoms with van der Waals surface area (Å²) in [4.78, 5) is 24.9. The predicted molar refractivity (Wildman–Crippen MR) is 130 cm³/mol. The van der Waals surface area contributed by atoms with Gasteiger partial charge in [0.1, 0.15) is 18.0 Å². The first-order chi connectivity index (χ1) is 16.2. The minimum absolute atomic E-state index is 0.0434. The van der Waals surface area contributed by atoms with Crippen LogP contribution in [0.25, 0.3) is 11.1 Å². The Morgan fingerprint density at radius 2 is 1.44 bits per heavy atom. The zero-order valence-corrected chi connectivity index (χ0v) is 19.5. The third-order valence-electron chi connectivity index (χ3n) is 5.92. The second kappa shape index (κ2) is 9.31. The molecule has 6 nitrogen and oxygen atoms in total. The average molecular weight is 460 g/mol. The summed E-state index contributed by atoms with van der Waals surface area (Å²) in [6.45, 7) is 5.85. The summed E-state index contributed by atoms with van der Waals surface area (Å²) in [5.74, 6) is -3.22. The number of carbonyl (C=O) groups is 2. The maximum Gasteiger partial charge on any atom is 0.322 e. The molecule has 3 N–H and O–H groups in total. The van der Waals surface area contributed by atoms with Crippen molar-refractivity contribution in [1.29, 1.82) is 0 Å². The van der Waals surface area contributed by atoms with Crippen LogP contribution in [-0.2, 0) is 14.3 Å². The quantitative estimate of drug-likeness (QED) is 0.384. The molecule has 3 aromatic carbocycles. The van der Waals surface area contributed by atoms with Crippen LogP contribution < -0.4 is 10.5 Å². The van der Waals surface area contributed by atoms with Gasteiger partial charge in [-0.05, 0) is 60.7 Å². The highest BCUT2D eigenvalue weighted by Crippen LogP contribution is 2.44. The van der Waals surface area contributed by atoms with Gasteiger partial charge >= 0.3 is 11.9 Å². The van der Waals surface area contributed by atoms with E-state index in [4.69, 9.17) is 15.2 Å². The number of rotatable bonds is 7. The molecule has 0 bridgehead atoms. The first-order valence-corrected chi connectivity index (χ1v) is 11.3. The van der Waals surface area contributed by atoms with Crippen molar-refractivity contribution in [3.8, 4) is 16.9 Å². The van der Waals surface area contributed by atoms with Gasteiger partial charge < -0.3 is 20.3 Å². The van der Waals surface area contributed by atoms with E-state index in [0.717, 1.165) is 22.3 Å². The van der Waals surface area contributed by atoms with E-state index in [1.807, 2.05) is 69.3 Å². The zero-order valence-electron chi connectivity index (χ0n) is 19.5. The summed E-state index contributed by atoms with van der Waals surface area (Å²) in [5.41, 5.74) is 10.7. The Kier molecular flexibility index (Phi) is 6.44. The van der Waals surface area contributed by atoms with Gasteiger partial charge in [0.15, 0.2) is 5.92 Å². The molecular weight excluding hydrogens is 430 g/mol. The van der Waals surface area contributed by atoms with Crippen molar-refractivity contribution in [2.45, 2.75) is 38.3 Å². The molecular formula is C28H29NO5. The fourth-order valence-electron chi connectivity index (χ4n) is 4.40. The van der Waals surface area contributed by atoms with Gasteiger partial charge in [-0.1, -0.05) is 60.7 Å². The molecule has 0 fully saturated rings. The standard InChI is InChI=1S/C28H29NO5/c1-28(2,3)34-18-14-12-17(13-15-18)25(29)24(26(30)31)27(32)33-16-23-21-10-6-4-8-19(21)20-9-5-7-11-22(20)23/h4-15,23-25H,16,29H2,1-3H3,(H,30,31). The topological polar surface area (TPSA) is 98.9 Å². The normalized spacial score (nSPS) is 14.6. The van der Waals surface area contributed by atoms with Crippen LogP contribution >= 0.6 is 0 Å². The van der Waals surface area contributed by atoms with E-state index < -0.39 is 23.9 Å². The van der Waals surface area contributed by atoms with Gasteiger partial charge in [-0.15, -0.1) is 0 Å². The highest BCUT2D eigenvalue weighted by molar-refractivity contribution is 5.95. The molecule has 0 amide bonds. The highest BCUT2D eigenvalue weighted by atomic mass is 16.5. The molecule has 176 valence electrons. The van der Waals surface area contributed by atoms with Gasteiger partial charge in [0.05, 0.1) is 6.04 Å². The number of aliphatic carboxylic acids is 1. The molecule has 0 heterocycles. The van der Waals surface area contributed by atoms with Crippen LogP contribution in [0.15, 0.2) is 72.8 Å². The number of benzene rings is 3. The molecule has 3 aromatic rings. The number of carboxylic acids is 1. The number of carbonyl (C=O) groups excluding carboxylic acids is 1. The number of carboxylic acid groups (broad SMARTS) is 1. The maximum atomic E-state index is 12.9. The Balaban J connectivity index is 1.49. The van der Waals surface area contributed by atoms with E-state index in [1.165, 1.54) is 0 Å². The van der Waals surface area contributed by atoms with Crippen molar-refractivity contribution in [3.63, 3.8) is 0 Å². The van der Waals surface area contributed by atoms with Crippen LogP contribution in [-0.4, -0.2) is 29.3 Å². The Labute approximate surface area is 199 Å². The fourth-order valence-corrected chi connectivity index (χ4v) is 4.40. The minimum Gasteiger partial charge on any atom is -0.488 e.